The molecule has 1 atom stereocenters. The number of carbonyl (C=O) groups excluding carboxylic acids is 1. The second-order valence-corrected chi connectivity index (χ2v) is 6.96. The fourth-order valence-electron chi connectivity index (χ4n) is 1.17. The Hall–Kier alpha value is 0.0500. The van der Waals surface area contributed by atoms with Gasteiger partial charge in [-0.25, -0.2) is 4.79 Å². The summed E-state index contributed by atoms with van der Waals surface area (Å²) in [4.78, 5) is 11.0. The van der Waals surface area contributed by atoms with Crippen molar-refractivity contribution in [3.8, 4) is 0 Å². The van der Waals surface area contributed by atoms with Crippen LogP contribution in [0.15, 0.2) is 13.6 Å². The van der Waals surface area contributed by atoms with Gasteiger partial charge >= 0.3 is 5.97 Å². The van der Waals surface area contributed by atoms with Gasteiger partial charge in [-0.05, 0) is 50.4 Å². The third kappa shape index (κ3) is 5.05. The molecule has 96 valence electrons. The van der Waals surface area contributed by atoms with Crippen molar-refractivity contribution in [3.63, 3.8) is 0 Å². The quantitative estimate of drug-likeness (QED) is 0.763. The summed E-state index contributed by atoms with van der Waals surface area (Å²) in [5.41, 5.74) is 6.91. The van der Waals surface area contributed by atoms with Gasteiger partial charge in [0.15, 0.2) is 0 Å². The fourth-order valence-corrected chi connectivity index (χ4v) is 4.17. The minimum atomic E-state index is -0.370. The average molecular weight is 387 g/mol. The molecule has 0 aromatic carbocycles. The number of thiophene rings is 1. The molecule has 0 saturated heterocycles. The Kier molecular flexibility index (Phi) is 6.65. The van der Waals surface area contributed by atoms with Crippen molar-refractivity contribution >= 4 is 49.2 Å². The van der Waals surface area contributed by atoms with E-state index >= 15 is 0 Å². The molecule has 1 unspecified atom stereocenters. The number of ether oxygens (including phenoxy) is 2. The molecule has 1 aromatic rings. The zero-order chi connectivity index (χ0) is 12.8. The highest BCUT2D eigenvalue weighted by Gasteiger charge is 2.14. The topological polar surface area (TPSA) is 61.5 Å². The van der Waals surface area contributed by atoms with E-state index in [1.165, 1.54) is 0 Å². The highest BCUT2D eigenvalue weighted by molar-refractivity contribution is 9.12. The van der Waals surface area contributed by atoms with Crippen LogP contribution in [0.25, 0.3) is 0 Å². The van der Waals surface area contributed by atoms with Crippen molar-refractivity contribution in [2.24, 2.45) is 5.73 Å². The van der Waals surface area contributed by atoms with E-state index in [2.05, 4.69) is 31.9 Å². The van der Waals surface area contributed by atoms with E-state index in [-0.39, 0.29) is 25.2 Å². The van der Waals surface area contributed by atoms with Crippen molar-refractivity contribution < 1.29 is 14.3 Å². The minimum absolute atomic E-state index is 0.0650. The van der Waals surface area contributed by atoms with E-state index in [1.54, 1.807) is 18.3 Å². The first-order valence-corrected chi connectivity index (χ1v) is 7.38. The maximum absolute atomic E-state index is 11.0. The first kappa shape index (κ1) is 15.1. The summed E-state index contributed by atoms with van der Waals surface area (Å²) in [6.45, 7) is 2.33. The highest BCUT2D eigenvalue weighted by atomic mass is 79.9. The van der Waals surface area contributed by atoms with Gasteiger partial charge < -0.3 is 15.2 Å². The number of esters is 1. The van der Waals surface area contributed by atoms with E-state index in [1.807, 2.05) is 6.07 Å². The van der Waals surface area contributed by atoms with Crippen LogP contribution in [-0.2, 0) is 14.3 Å². The van der Waals surface area contributed by atoms with E-state index in [0.717, 1.165) is 13.1 Å². The Balaban J connectivity index is 2.37. The molecular weight excluding hydrogens is 374 g/mol. The van der Waals surface area contributed by atoms with E-state index in [0.29, 0.717) is 6.61 Å². The van der Waals surface area contributed by atoms with Crippen LogP contribution in [0, 0.1) is 0 Å². The standard InChI is InChI=1S/C10H13Br2NO3S/c1-2-16-9(14)5-15-4-7(13)6-3-8(11)17-10(6)12/h3,7H,2,4-5,13H2,1H3. The molecule has 1 rings (SSSR count). The van der Waals surface area contributed by atoms with Crippen LogP contribution in [0.5, 0.6) is 0 Å². The molecule has 0 spiro atoms. The lowest BCUT2D eigenvalue weighted by atomic mass is 10.2. The lowest BCUT2D eigenvalue weighted by Gasteiger charge is -2.11. The second-order valence-electron chi connectivity index (χ2n) is 3.21. The molecule has 0 aliphatic heterocycles. The van der Waals surface area contributed by atoms with Crippen LogP contribution in [0.1, 0.15) is 18.5 Å². The molecule has 0 aliphatic rings. The van der Waals surface area contributed by atoms with Gasteiger partial charge in [-0.3, -0.25) is 0 Å². The Morgan fingerprint density at radius 2 is 2.29 bits per heavy atom. The van der Waals surface area contributed by atoms with E-state index in [9.17, 15) is 4.79 Å². The summed E-state index contributed by atoms with van der Waals surface area (Å²) in [7, 11) is 0. The monoisotopic (exact) mass is 385 g/mol. The van der Waals surface area contributed by atoms with Gasteiger partial charge in [-0.1, -0.05) is 0 Å². The van der Waals surface area contributed by atoms with Gasteiger partial charge in [0, 0.05) is 0 Å². The molecule has 7 heteroatoms. The van der Waals surface area contributed by atoms with Gasteiger partial charge in [-0.15, -0.1) is 11.3 Å². The maximum Gasteiger partial charge on any atom is 0.332 e. The Morgan fingerprint density at radius 1 is 1.59 bits per heavy atom. The molecular formula is C10H13Br2NO3S. The van der Waals surface area contributed by atoms with E-state index in [4.69, 9.17) is 15.2 Å². The molecule has 17 heavy (non-hydrogen) atoms. The predicted molar refractivity (Wildman–Crippen MR) is 74.1 cm³/mol. The van der Waals surface area contributed by atoms with E-state index < -0.39 is 0 Å². The van der Waals surface area contributed by atoms with Gasteiger partial charge in [-0.2, -0.15) is 0 Å². The Labute approximate surface area is 121 Å². The molecule has 1 heterocycles. The van der Waals surface area contributed by atoms with Gasteiger partial charge in [0.25, 0.3) is 0 Å². The molecule has 0 bridgehead atoms. The average Bonchev–Trinajstić information content (AvgIpc) is 2.58. The van der Waals surface area contributed by atoms with Crippen LogP contribution >= 0.6 is 43.2 Å². The van der Waals surface area contributed by atoms with Crippen LogP contribution < -0.4 is 5.73 Å². The fraction of sp³-hybridized carbons (Fsp3) is 0.500. The summed E-state index contributed by atoms with van der Waals surface area (Å²) in [5.74, 6) is -0.370. The van der Waals surface area contributed by atoms with Crippen LogP contribution in [0.3, 0.4) is 0 Å². The number of hydrogen-bond acceptors (Lipinski definition) is 5. The summed E-state index contributed by atoms with van der Waals surface area (Å²) in [6, 6.07) is 1.68. The third-order valence-corrected chi connectivity index (χ3v) is 4.29. The minimum Gasteiger partial charge on any atom is -0.464 e. The SMILES string of the molecule is CCOC(=O)COCC(N)c1cc(Br)sc1Br. The van der Waals surface area contributed by atoms with Crippen molar-refractivity contribution in [1.29, 1.82) is 0 Å². The number of hydrogen-bond donors (Lipinski definition) is 1. The molecule has 0 fully saturated rings. The summed E-state index contributed by atoms with van der Waals surface area (Å²) in [5, 5.41) is 0. The molecule has 1 aromatic heterocycles. The number of nitrogens with two attached hydrogens (primary N) is 1. The second kappa shape index (κ2) is 7.48. The zero-order valence-electron chi connectivity index (χ0n) is 9.24. The van der Waals surface area contributed by atoms with Gasteiger partial charge in [0.1, 0.15) is 6.61 Å². The Bertz CT molecular complexity index is 384. The highest BCUT2D eigenvalue weighted by Crippen LogP contribution is 2.34. The first-order chi connectivity index (χ1) is 8.04. The Morgan fingerprint density at radius 3 is 2.82 bits per heavy atom. The van der Waals surface area contributed by atoms with Crippen LogP contribution in [0.2, 0.25) is 0 Å². The van der Waals surface area contributed by atoms with Crippen LogP contribution in [-0.4, -0.2) is 25.8 Å². The maximum atomic E-state index is 11.0. The van der Waals surface area contributed by atoms with Crippen molar-refractivity contribution in [3.05, 3.63) is 19.2 Å². The van der Waals surface area contributed by atoms with Crippen molar-refractivity contribution in [2.45, 2.75) is 13.0 Å². The molecule has 0 aliphatic carbocycles. The number of carbonyl (C=O) groups is 1. The predicted octanol–water partition coefficient (Wildman–Crippen LogP) is 2.85. The molecule has 0 amide bonds. The molecule has 4 nitrogen and oxygen atoms in total. The summed E-state index contributed by atoms with van der Waals surface area (Å²) in [6.07, 6.45) is 0. The third-order valence-electron chi connectivity index (χ3n) is 1.91. The number of halogens is 2. The lowest BCUT2D eigenvalue weighted by molar-refractivity contribution is -0.148. The zero-order valence-corrected chi connectivity index (χ0v) is 13.2. The van der Waals surface area contributed by atoms with Crippen LogP contribution in [0.4, 0.5) is 0 Å². The molecule has 0 radical (unpaired) electrons. The van der Waals surface area contributed by atoms with Gasteiger partial charge in [0.05, 0.1) is 26.8 Å². The molecule has 2 N–H and O–H groups in total. The summed E-state index contributed by atoms with van der Waals surface area (Å²) < 4.78 is 11.9. The lowest BCUT2D eigenvalue weighted by Crippen LogP contribution is -2.20. The largest absolute Gasteiger partial charge is 0.464 e. The van der Waals surface area contributed by atoms with Crippen molar-refractivity contribution in [2.75, 3.05) is 19.8 Å². The van der Waals surface area contributed by atoms with Crippen molar-refractivity contribution in [1.82, 2.24) is 0 Å². The summed E-state index contributed by atoms with van der Waals surface area (Å²) >= 11 is 8.36. The molecule has 0 saturated carbocycles. The smallest absolute Gasteiger partial charge is 0.332 e. The number of rotatable bonds is 6. The first-order valence-electron chi connectivity index (χ1n) is 4.98. The van der Waals surface area contributed by atoms with Gasteiger partial charge in [0.2, 0.25) is 0 Å². The normalized spacial score (nSPS) is 12.5.